The van der Waals surface area contributed by atoms with Gasteiger partial charge in [0, 0.05) is 18.8 Å². The van der Waals surface area contributed by atoms with Crippen molar-refractivity contribution in [2.24, 2.45) is 13.0 Å². The minimum Gasteiger partial charge on any atom is -0.393 e. The fourth-order valence-corrected chi connectivity index (χ4v) is 3.95. The third kappa shape index (κ3) is 2.66. The standard InChI is InChI=1S/C16H18N4O2S/c1-20-8-10(7-17-20)15(9-4-11(21)5-9)19-16(22)13-6-14-12(18-13)2-3-23-14/h2-3,6-9,11,15,18,21H,4-5H2,1H3,(H,19,22). The predicted octanol–water partition coefficient (Wildman–Crippen LogP) is 2.20. The van der Waals surface area contributed by atoms with Crippen molar-refractivity contribution in [3.63, 3.8) is 0 Å². The lowest BCUT2D eigenvalue weighted by Crippen LogP contribution is -2.41. The van der Waals surface area contributed by atoms with Gasteiger partial charge in [0.2, 0.25) is 0 Å². The molecule has 4 rings (SSSR count). The van der Waals surface area contributed by atoms with Crippen LogP contribution in [0, 0.1) is 5.92 Å². The highest BCUT2D eigenvalue weighted by atomic mass is 32.1. The number of carbonyl (C=O) groups excluding carboxylic acids is 1. The maximum atomic E-state index is 12.6. The molecule has 1 atom stereocenters. The highest BCUT2D eigenvalue weighted by molar-refractivity contribution is 7.17. The van der Waals surface area contributed by atoms with Gasteiger partial charge in [0.25, 0.3) is 5.91 Å². The Balaban J connectivity index is 1.56. The van der Waals surface area contributed by atoms with Crippen molar-refractivity contribution in [1.82, 2.24) is 20.1 Å². The van der Waals surface area contributed by atoms with Crippen molar-refractivity contribution in [3.8, 4) is 0 Å². The molecule has 1 aliphatic carbocycles. The first-order chi connectivity index (χ1) is 11.1. The second kappa shape index (κ2) is 5.50. The molecule has 6 nitrogen and oxygen atoms in total. The van der Waals surface area contributed by atoms with Crippen LogP contribution in [0.3, 0.4) is 0 Å². The molecule has 0 aliphatic heterocycles. The lowest BCUT2D eigenvalue weighted by atomic mass is 9.75. The summed E-state index contributed by atoms with van der Waals surface area (Å²) in [4.78, 5) is 15.8. The van der Waals surface area contributed by atoms with Crippen LogP contribution in [0.25, 0.3) is 10.2 Å². The number of aliphatic hydroxyl groups excluding tert-OH is 1. The molecule has 0 bridgehead atoms. The highest BCUT2D eigenvalue weighted by Crippen LogP contribution is 2.38. The summed E-state index contributed by atoms with van der Waals surface area (Å²) in [7, 11) is 1.86. The lowest BCUT2D eigenvalue weighted by Gasteiger charge is -2.37. The van der Waals surface area contributed by atoms with Gasteiger partial charge in [-0.15, -0.1) is 11.3 Å². The molecule has 0 aromatic carbocycles. The number of carbonyl (C=O) groups is 1. The van der Waals surface area contributed by atoms with Crippen LogP contribution in [0.2, 0.25) is 0 Å². The van der Waals surface area contributed by atoms with Crippen LogP contribution >= 0.6 is 11.3 Å². The Hall–Kier alpha value is -2.12. The van der Waals surface area contributed by atoms with E-state index in [1.165, 1.54) is 0 Å². The average molecular weight is 330 g/mol. The van der Waals surface area contributed by atoms with Gasteiger partial charge < -0.3 is 15.4 Å². The molecule has 1 unspecified atom stereocenters. The van der Waals surface area contributed by atoms with Gasteiger partial charge in [0.05, 0.1) is 28.6 Å². The van der Waals surface area contributed by atoms with Crippen LogP contribution < -0.4 is 5.32 Å². The van der Waals surface area contributed by atoms with Crippen molar-refractivity contribution >= 4 is 27.5 Å². The lowest BCUT2D eigenvalue weighted by molar-refractivity contribution is 0.0234. The van der Waals surface area contributed by atoms with Crippen LogP contribution in [0.4, 0.5) is 0 Å². The van der Waals surface area contributed by atoms with Crippen molar-refractivity contribution in [1.29, 1.82) is 0 Å². The van der Waals surface area contributed by atoms with Gasteiger partial charge in [-0.3, -0.25) is 9.48 Å². The topological polar surface area (TPSA) is 82.9 Å². The summed E-state index contributed by atoms with van der Waals surface area (Å²) in [5.41, 5.74) is 2.53. The number of H-pyrrole nitrogens is 1. The summed E-state index contributed by atoms with van der Waals surface area (Å²) >= 11 is 1.61. The van der Waals surface area contributed by atoms with Crippen molar-refractivity contribution in [2.75, 3.05) is 0 Å². The summed E-state index contributed by atoms with van der Waals surface area (Å²) in [5.74, 6) is 0.123. The average Bonchev–Trinajstić information content (AvgIpc) is 3.16. The molecule has 1 amide bonds. The van der Waals surface area contributed by atoms with E-state index in [0.29, 0.717) is 18.5 Å². The summed E-state index contributed by atoms with van der Waals surface area (Å²) in [6.45, 7) is 0. The maximum absolute atomic E-state index is 12.6. The quantitative estimate of drug-likeness (QED) is 0.686. The number of aromatic amines is 1. The van der Waals surface area contributed by atoms with E-state index < -0.39 is 0 Å². The van der Waals surface area contributed by atoms with Crippen LogP contribution in [-0.4, -0.2) is 31.9 Å². The van der Waals surface area contributed by atoms with Gasteiger partial charge in [-0.2, -0.15) is 5.10 Å². The van der Waals surface area contributed by atoms with Crippen LogP contribution in [0.15, 0.2) is 29.9 Å². The third-order valence-corrected chi connectivity index (χ3v) is 5.34. The molecular formula is C16H18N4O2S. The number of hydrogen-bond acceptors (Lipinski definition) is 4. The van der Waals surface area contributed by atoms with Crippen molar-refractivity contribution in [3.05, 3.63) is 41.2 Å². The second-order valence-corrected chi connectivity index (χ2v) is 7.11. The van der Waals surface area contributed by atoms with Crippen LogP contribution in [-0.2, 0) is 7.05 Å². The van der Waals surface area contributed by atoms with E-state index in [-0.39, 0.29) is 24.0 Å². The minimum absolute atomic E-state index is 0.122. The van der Waals surface area contributed by atoms with Gasteiger partial charge in [-0.1, -0.05) is 0 Å². The number of nitrogens with one attached hydrogen (secondary N) is 2. The molecule has 0 radical (unpaired) electrons. The number of amides is 1. The maximum Gasteiger partial charge on any atom is 0.268 e. The molecule has 3 heterocycles. The molecule has 3 aromatic rings. The monoisotopic (exact) mass is 330 g/mol. The van der Waals surface area contributed by atoms with E-state index >= 15 is 0 Å². The number of aliphatic hydroxyl groups is 1. The first kappa shape index (κ1) is 14.5. The van der Waals surface area contributed by atoms with Crippen molar-refractivity contribution < 1.29 is 9.90 Å². The van der Waals surface area contributed by atoms with Crippen LogP contribution in [0.5, 0.6) is 0 Å². The number of thiophene rings is 1. The van der Waals surface area contributed by atoms with Gasteiger partial charge in [0.15, 0.2) is 0 Å². The van der Waals surface area contributed by atoms with E-state index in [0.717, 1.165) is 15.8 Å². The number of rotatable bonds is 4. The molecule has 3 aromatic heterocycles. The number of fused-ring (bicyclic) bond motifs is 1. The Labute approximate surface area is 137 Å². The number of hydrogen-bond donors (Lipinski definition) is 3. The van der Waals surface area contributed by atoms with E-state index in [4.69, 9.17) is 0 Å². The Morgan fingerprint density at radius 3 is 3.04 bits per heavy atom. The minimum atomic E-state index is -0.258. The molecule has 7 heteroatoms. The predicted molar refractivity (Wildman–Crippen MR) is 88.3 cm³/mol. The zero-order valence-corrected chi connectivity index (χ0v) is 13.5. The SMILES string of the molecule is Cn1cc(C(NC(=O)c2cc3sccc3[nH]2)C2CC(O)C2)cn1. The summed E-state index contributed by atoms with van der Waals surface area (Å²) in [5, 5.41) is 18.9. The van der Waals surface area contributed by atoms with E-state index in [1.807, 2.05) is 30.8 Å². The molecule has 1 fully saturated rings. The zero-order valence-electron chi connectivity index (χ0n) is 12.7. The Morgan fingerprint density at radius 2 is 2.39 bits per heavy atom. The fraction of sp³-hybridized carbons (Fsp3) is 0.375. The molecule has 3 N–H and O–H groups in total. The Bertz CT molecular complexity index is 815. The van der Waals surface area contributed by atoms with Crippen LogP contribution in [0.1, 0.15) is 34.9 Å². The van der Waals surface area contributed by atoms with E-state index in [9.17, 15) is 9.90 Å². The largest absolute Gasteiger partial charge is 0.393 e. The van der Waals surface area contributed by atoms with Gasteiger partial charge in [0.1, 0.15) is 5.69 Å². The second-order valence-electron chi connectivity index (χ2n) is 6.17. The molecule has 120 valence electrons. The first-order valence-electron chi connectivity index (χ1n) is 7.64. The molecular weight excluding hydrogens is 312 g/mol. The van der Waals surface area contributed by atoms with Gasteiger partial charge >= 0.3 is 0 Å². The number of aromatic nitrogens is 3. The highest BCUT2D eigenvalue weighted by Gasteiger charge is 2.36. The first-order valence-corrected chi connectivity index (χ1v) is 8.52. The Kier molecular flexibility index (Phi) is 3.46. The number of aryl methyl sites for hydroxylation is 1. The summed E-state index contributed by atoms with van der Waals surface area (Å²) in [6.07, 6.45) is 4.86. The van der Waals surface area contributed by atoms with Gasteiger partial charge in [-0.05, 0) is 36.3 Å². The molecule has 23 heavy (non-hydrogen) atoms. The van der Waals surface area contributed by atoms with Gasteiger partial charge in [-0.25, -0.2) is 0 Å². The number of nitrogens with zero attached hydrogens (tertiary/aromatic N) is 2. The van der Waals surface area contributed by atoms with E-state index in [2.05, 4.69) is 15.4 Å². The summed E-state index contributed by atoms with van der Waals surface area (Å²) in [6, 6.07) is 3.73. The smallest absolute Gasteiger partial charge is 0.268 e. The molecule has 0 saturated heterocycles. The molecule has 1 saturated carbocycles. The van der Waals surface area contributed by atoms with Crippen molar-refractivity contribution in [2.45, 2.75) is 25.0 Å². The normalized spacial score (nSPS) is 22.0. The molecule has 1 aliphatic rings. The summed E-state index contributed by atoms with van der Waals surface area (Å²) < 4.78 is 2.81. The third-order valence-electron chi connectivity index (χ3n) is 4.48. The Morgan fingerprint density at radius 1 is 1.57 bits per heavy atom. The fourth-order valence-electron chi connectivity index (χ4n) is 3.17. The molecule has 0 spiro atoms. The zero-order chi connectivity index (χ0) is 16.0. The van der Waals surface area contributed by atoms with E-state index in [1.54, 1.807) is 22.2 Å².